The Labute approximate surface area is 113 Å². The number of carbonyl (C=O) groups excluding carboxylic acids is 1. The summed E-state index contributed by atoms with van der Waals surface area (Å²) in [6, 6.07) is 7.18. The summed E-state index contributed by atoms with van der Waals surface area (Å²) in [5, 5.41) is 12.8. The van der Waals surface area contributed by atoms with Crippen molar-refractivity contribution in [2.75, 3.05) is 13.7 Å². The van der Waals surface area contributed by atoms with Crippen molar-refractivity contribution in [3.05, 3.63) is 41.5 Å². The standard InChI is InChI=1S/C15H19NO3/c1-19-13-8-6-11(7-9-13)14(17)10-16-15(18)12-4-2-3-5-12/h4,6-9,14,17H,2-3,5,10H2,1H3,(H,16,18). The molecule has 1 aliphatic carbocycles. The molecule has 0 bridgehead atoms. The lowest BCUT2D eigenvalue weighted by molar-refractivity contribution is -0.118. The van der Waals surface area contributed by atoms with Crippen LogP contribution in [0.3, 0.4) is 0 Å². The summed E-state index contributed by atoms with van der Waals surface area (Å²) in [5.74, 6) is 0.682. The molecule has 19 heavy (non-hydrogen) atoms. The van der Waals surface area contributed by atoms with Crippen LogP contribution < -0.4 is 10.1 Å². The van der Waals surface area contributed by atoms with Crippen LogP contribution in [0.15, 0.2) is 35.9 Å². The summed E-state index contributed by atoms with van der Waals surface area (Å²) >= 11 is 0. The maximum atomic E-state index is 11.8. The van der Waals surface area contributed by atoms with E-state index >= 15 is 0 Å². The van der Waals surface area contributed by atoms with Gasteiger partial charge < -0.3 is 15.2 Å². The predicted molar refractivity (Wildman–Crippen MR) is 72.9 cm³/mol. The van der Waals surface area contributed by atoms with Crippen LogP contribution in [0.2, 0.25) is 0 Å². The van der Waals surface area contributed by atoms with Crippen molar-refractivity contribution in [3.8, 4) is 5.75 Å². The molecule has 1 aromatic rings. The molecule has 0 saturated carbocycles. The van der Waals surface area contributed by atoms with E-state index in [4.69, 9.17) is 4.74 Å². The van der Waals surface area contributed by atoms with Crippen LogP contribution in [0, 0.1) is 0 Å². The molecule has 0 heterocycles. The molecule has 0 aromatic heterocycles. The van der Waals surface area contributed by atoms with Crippen LogP contribution in [0.5, 0.6) is 5.75 Å². The Bertz CT molecular complexity index is 465. The van der Waals surface area contributed by atoms with E-state index in [-0.39, 0.29) is 12.5 Å². The van der Waals surface area contributed by atoms with Crippen molar-refractivity contribution >= 4 is 5.91 Å². The number of hydrogen-bond donors (Lipinski definition) is 2. The number of nitrogens with one attached hydrogen (secondary N) is 1. The third-order valence-electron chi connectivity index (χ3n) is 3.29. The first-order chi connectivity index (χ1) is 9.20. The van der Waals surface area contributed by atoms with Crippen LogP contribution in [0.4, 0.5) is 0 Å². The molecule has 1 atom stereocenters. The third kappa shape index (κ3) is 3.58. The normalized spacial score (nSPS) is 15.8. The monoisotopic (exact) mass is 261 g/mol. The molecule has 1 aliphatic rings. The van der Waals surface area contributed by atoms with E-state index < -0.39 is 6.10 Å². The van der Waals surface area contributed by atoms with Crippen molar-refractivity contribution < 1.29 is 14.6 Å². The summed E-state index contributed by atoms with van der Waals surface area (Å²) in [6.45, 7) is 0.225. The Morgan fingerprint density at radius 3 is 2.74 bits per heavy atom. The molecule has 0 radical (unpaired) electrons. The zero-order chi connectivity index (χ0) is 13.7. The van der Waals surface area contributed by atoms with Crippen molar-refractivity contribution in [1.82, 2.24) is 5.32 Å². The van der Waals surface area contributed by atoms with Crippen molar-refractivity contribution in [2.45, 2.75) is 25.4 Å². The molecule has 0 spiro atoms. The Morgan fingerprint density at radius 1 is 1.42 bits per heavy atom. The molecule has 102 valence electrons. The van der Waals surface area contributed by atoms with Gasteiger partial charge in [-0.3, -0.25) is 4.79 Å². The van der Waals surface area contributed by atoms with E-state index in [0.717, 1.165) is 36.1 Å². The van der Waals surface area contributed by atoms with Gasteiger partial charge in [0, 0.05) is 12.1 Å². The van der Waals surface area contributed by atoms with E-state index in [1.165, 1.54) is 0 Å². The lowest BCUT2D eigenvalue weighted by Crippen LogP contribution is -2.29. The minimum absolute atomic E-state index is 0.0648. The highest BCUT2D eigenvalue weighted by Gasteiger charge is 2.15. The number of methoxy groups -OCH3 is 1. The smallest absolute Gasteiger partial charge is 0.246 e. The van der Waals surface area contributed by atoms with E-state index in [0.29, 0.717) is 0 Å². The molecule has 0 aliphatic heterocycles. The summed E-state index contributed by atoms with van der Waals surface area (Å²) in [4.78, 5) is 11.8. The van der Waals surface area contributed by atoms with Gasteiger partial charge in [-0.25, -0.2) is 0 Å². The van der Waals surface area contributed by atoms with Gasteiger partial charge >= 0.3 is 0 Å². The predicted octanol–water partition coefficient (Wildman–Crippen LogP) is 1.96. The lowest BCUT2D eigenvalue weighted by Gasteiger charge is -2.13. The zero-order valence-electron chi connectivity index (χ0n) is 11.1. The van der Waals surface area contributed by atoms with Crippen molar-refractivity contribution in [2.24, 2.45) is 0 Å². The van der Waals surface area contributed by atoms with Gasteiger partial charge in [-0.1, -0.05) is 18.2 Å². The van der Waals surface area contributed by atoms with Gasteiger partial charge in [-0.2, -0.15) is 0 Å². The van der Waals surface area contributed by atoms with Crippen molar-refractivity contribution in [3.63, 3.8) is 0 Å². The number of amides is 1. The maximum Gasteiger partial charge on any atom is 0.246 e. The van der Waals surface area contributed by atoms with E-state index in [1.807, 2.05) is 6.08 Å². The minimum Gasteiger partial charge on any atom is -0.497 e. The lowest BCUT2D eigenvalue weighted by atomic mass is 10.1. The summed E-state index contributed by atoms with van der Waals surface area (Å²) in [5.41, 5.74) is 1.60. The maximum absolute atomic E-state index is 11.8. The Kier molecular flexibility index (Phi) is 4.58. The Morgan fingerprint density at radius 2 is 2.16 bits per heavy atom. The molecule has 4 heteroatoms. The largest absolute Gasteiger partial charge is 0.497 e. The molecule has 0 fully saturated rings. The van der Waals surface area contributed by atoms with Gasteiger partial charge in [0.25, 0.3) is 0 Å². The molecular weight excluding hydrogens is 242 g/mol. The second-order valence-electron chi connectivity index (χ2n) is 4.62. The number of carbonyl (C=O) groups is 1. The molecule has 2 rings (SSSR count). The molecule has 1 aromatic carbocycles. The second-order valence-corrected chi connectivity index (χ2v) is 4.62. The highest BCUT2D eigenvalue weighted by Crippen LogP contribution is 2.19. The van der Waals surface area contributed by atoms with Gasteiger partial charge in [-0.15, -0.1) is 0 Å². The fourth-order valence-corrected chi connectivity index (χ4v) is 2.12. The summed E-state index contributed by atoms with van der Waals surface area (Å²) < 4.78 is 5.06. The van der Waals surface area contributed by atoms with E-state index in [1.54, 1.807) is 31.4 Å². The Hall–Kier alpha value is -1.81. The minimum atomic E-state index is -0.697. The van der Waals surface area contributed by atoms with Gasteiger partial charge in [0.05, 0.1) is 13.2 Å². The van der Waals surface area contributed by atoms with E-state index in [9.17, 15) is 9.90 Å². The number of aliphatic hydroxyl groups is 1. The van der Waals surface area contributed by atoms with Gasteiger partial charge in [0.1, 0.15) is 5.75 Å². The Balaban J connectivity index is 1.86. The molecule has 1 unspecified atom stereocenters. The van der Waals surface area contributed by atoms with Crippen LogP contribution in [-0.2, 0) is 4.79 Å². The number of ether oxygens (including phenoxy) is 1. The number of rotatable bonds is 5. The first kappa shape index (κ1) is 13.6. The van der Waals surface area contributed by atoms with Crippen molar-refractivity contribution in [1.29, 1.82) is 0 Å². The number of benzene rings is 1. The molecule has 1 amide bonds. The second kappa shape index (κ2) is 6.38. The molecule has 0 saturated heterocycles. The summed E-state index contributed by atoms with van der Waals surface area (Å²) in [6.07, 6.45) is 4.13. The van der Waals surface area contributed by atoms with Crippen LogP contribution in [-0.4, -0.2) is 24.7 Å². The molecule has 4 nitrogen and oxygen atoms in total. The number of aliphatic hydroxyl groups excluding tert-OH is 1. The first-order valence-corrected chi connectivity index (χ1v) is 6.50. The highest BCUT2D eigenvalue weighted by molar-refractivity contribution is 5.93. The topological polar surface area (TPSA) is 58.6 Å². The summed E-state index contributed by atoms with van der Waals surface area (Å²) in [7, 11) is 1.60. The van der Waals surface area contributed by atoms with Crippen LogP contribution in [0.25, 0.3) is 0 Å². The number of allylic oxidation sites excluding steroid dienone is 1. The van der Waals surface area contributed by atoms with Gasteiger partial charge in [-0.05, 0) is 37.0 Å². The highest BCUT2D eigenvalue weighted by atomic mass is 16.5. The van der Waals surface area contributed by atoms with E-state index in [2.05, 4.69) is 5.32 Å². The van der Waals surface area contributed by atoms with Crippen LogP contribution >= 0.6 is 0 Å². The number of hydrogen-bond acceptors (Lipinski definition) is 3. The third-order valence-corrected chi connectivity index (χ3v) is 3.29. The zero-order valence-corrected chi connectivity index (χ0v) is 11.1. The average Bonchev–Trinajstić information content (AvgIpc) is 2.98. The molecule has 2 N–H and O–H groups in total. The first-order valence-electron chi connectivity index (χ1n) is 6.50. The fourth-order valence-electron chi connectivity index (χ4n) is 2.12. The average molecular weight is 261 g/mol. The van der Waals surface area contributed by atoms with Gasteiger partial charge in [0.2, 0.25) is 5.91 Å². The van der Waals surface area contributed by atoms with Crippen LogP contribution in [0.1, 0.15) is 30.9 Å². The fraction of sp³-hybridized carbons (Fsp3) is 0.400. The SMILES string of the molecule is COc1ccc(C(O)CNC(=O)C2=CCCC2)cc1. The molecular formula is C15H19NO3. The quantitative estimate of drug-likeness (QED) is 0.851. The van der Waals surface area contributed by atoms with Gasteiger partial charge in [0.15, 0.2) is 0 Å².